The summed E-state index contributed by atoms with van der Waals surface area (Å²) in [6, 6.07) is 20.3. The number of benzene rings is 2. The van der Waals surface area contributed by atoms with Crippen LogP contribution in [-0.2, 0) is 4.79 Å². The molecule has 4 heteroatoms. The zero-order valence-corrected chi connectivity index (χ0v) is 14.6. The Bertz CT molecular complexity index is 1000. The Hall–Kier alpha value is -3.35. The van der Waals surface area contributed by atoms with Crippen molar-refractivity contribution >= 4 is 29.3 Å². The van der Waals surface area contributed by atoms with Gasteiger partial charge < -0.3 is 5.32 Å². The zero-order valence-electron chi connectivity index (χ0n) is 13.8. The maximum absolute atomic E-state index is 12.1. The van der Waals surface area contributed by atoms with Crippen LogP contribution >= 0.6 is 11.6 Å². The molecule has 0 aliphatic rings. The molecule has 1 aromatic heterocycles. The molecule has 26 heavy (non-hydrogen) atoms. The second kappa shape index (κ2) is 8.66. The van der Waals surface area contributed by atoms with Crippen LogP contribution in [0.3, 0.4) is 0 Å². The molecule has 0 spiro atoms. The highest BCUT2D eigenvalue weighted by Crippen LogP contribution is 2.16. The van der Waals surface area contributed by atoms with Crippen LogP contribution in [-0.4, -0.2) is 10.9 Å². The van der Waals surface area contributed by atoms with Gasteiger partial charge in [-0.25, -0.2) is 4.98 Å². The van der Waals surface area contributed by atoms with E-state index in [1.807, 2.05) is 60.7 Å². The van der Waals surface area contributed by atoms with Crippen LogP contribution in [0.5, 0.6) is 0 Å². The lowest BCUT2D eigenvalue weighted by molar-refractivity contribution is -0.111. The quantitative estimate of drug-likeness (QED) is 0.540. The highest BCUT2D eigenvalue weighted by atomic mass is 35.5. The van der Waals surface area contributed by atoms with E-state index >= 15 is 0 Å². The van der Waals surface area contributed by atoms with Crippen LogP contribution in [0.4, 0.5) is 5.69 Å². The number of carbonyl (C=O) groups excluding carboxylic acids is 1. The lowest BCUT2D eigenvalue weighted by Gasteiger charge is -2.03. The fourth-order valence-electron chi connectivity index (χ4n) is 2.21. The molecule has 0 atom stereocenters. The number of carbonyl (C=O) groups is 1. The minimum atomic E-state index is -0.236. The fraction of sp³-hybridized carbons (Fsp3) is 0. The molecule has 0 saturated heterocycles. The van der Waals surface area contributed by atoms with E-state index in [1.165, 1.54) is 6.08 Å². The average molecular weight is 359 g/mol. The van der Waals surface area contributed by atoms with Crippen LogP contribution in [0.2, 0.25) is 5.02 Å². The molecule has 0 aliphatic heterocycles. The third kappa shape index (κ3) is 5.07. The predicted molar refractivity (Wildman–Crippen MR) is 106 cm³/mol. The predicted octanol–water partition coefficient (Wildman–Crippen LogP) is 4.79. The number of pyridine rings is 1. The lowest BCUT2D eigenvalue weighted by atomic mass is 10.2. The second-order valence-corrected chi connectivity index (χ2v) is 5.80. The minimum Gasteiger partial charge on any atom is -0.322 e. The maximum atomic E-state index is 12.1. The van der Waals surface area contributed by atoms with Crippen molar-refractivity contribution in [2.45, 2.75) is 0 Å². The third-order valence-electron chi connectivity index (χ3n) is 3.45. The van der Waals surface area contributed by atoms with Crippen molar-refractivity contribution in [3.05, 3.63) is 101 Å². The van der Waals surface area contributed by atoms with Gasteiger partial charge in [0.05, 0.1) is 0 Å². The number of nitrogens with one attached hydrogen (secondary N) is 1. The number of anilines is 1. The molecule has 0 radical (unpaired) electrons. The molecule has 126 valence electrons. The van der Waals surface area contributed by atoms with E-state index in [0.29, 0.717) is 16.4 Å². The Morgan fingerprint density at radius 2 is 1.85 bits per heavy atom. The number of aromatic nitrogens is 1. The fourth-order valence-corrected chi connectivity index (χ4v) is 2.41. The Kier molecular flexibility index (Phi) is 5.82. The number of halogens is 1. The van der Waals surface area contributed by atoms with Gasteiger partial charge in [-0.2, -0.15) is 0 Å². The monoisotopic (exact) mass is 358 g/mol. The molecule has 3 aromatic rings. The van der Waals surface area contributed by atoms with Crippen LogP contribution in [0.15, 0.2) is 79.0 Å². The molecule has 3 nitrogen and oxygen atoms in total. The van der Waals surface area contributed by atoms with Crippen LogP contribution < -0.4 is 5.32 Å². The van der Waals surface area contributed by atoms with Crippen molar-refractivity contribution in [2.75, 3.05) is 5.32 Å². The van der Waals surface area contributed by atoms with Gasteiger partial charge in [-0.3, -0.25) is 4.79 Å². The van der Waals surface area contributed by atoms with Crippen LogP contribution in [0.25, 0.3) is 6.08 Å². The van der Waals surface area contributed by atoms with Crippen molar-refractivity contribution in [3.8, 4) is 11.8 Å². The van der Waals surface area contributed by atoms with Gasteiger partial charge in [0, 0.05) is 28.5 Å². The molecule has 3 rings (SSSR count). The van der Waals surface area contributed by atoms with Gasteiger partial charge in [0.1, 0.15) is 5.69 Å². The summed E-state index contributed by atoms with van der Waals surface area (Å²) in [5.41, 5.74) is 2.96. The first-order valence-electron chi connectivity index (χ1n) is 7.97. The zero-order chi connectivity index (χ0) is 18.2. The third-order valence-corrected chi connectivity index (χ3v) is 3.79. The molecule has 1 N–H and O–H groups in total. The highest BCUT2D eigenvalue weighted by molar-refractivity contribution is 6.32. The number of amides is 1. The molecule has 0 bridgehead atoms. The summed E-state index contributed by atoms with van der Waals surface area (Å²) in [5.74, 6) is 5.80. The van der Waals surface area contributed by atoms with Gasteiger partial charge in [-0.05, 0) is 54.0 Å². The summed E-state index contributed by atoms with van der Waals surface area (Å²) in [6.07, 6.45) is 4.84. The summed E-state index contributed by atoms with van der Waals surface area (Å²) in [7, 11) is 0. The number of hydrogen-bond acceptors (Lipinski definition) is 2. The Balaban J connectivity index is 1.68. The molecule has 0 aliphatic carbocycles. The van der Waals surface area contributed by atoms with Crippen LogP contribution in [0, 0.1) is 11.8 Å². The summed E-state index contributed by atoms with van der Waals surface area (Å²) in [5, 5.41) is 3.42. The Morgan fingerprint density at radius 1 is 1.00 bits per heavy atom. The summed E-state index contributed by atoms with van der Waals surface area (Å²) >= 11 is 6.07. The molecule has 0 fully saturated rings. The molecule has 0 saturated carbocycles. The Morgan fingerprint density at radius 3 is 2.65 bits per heavy atom. The molecule has 1 heterocycles. The highest BCUT2D eigenvalue weighted by Gasteiger charge is 2.00. The first-order valence-corrected chi connectivity index (χ1v) is 8.35. The van der Waals surface area contributed by atoms with Crippen molar-refractivity contribution in [1.29, 1.82) is 0 Å². The van der Waals surface area contributed by atoms with E-state index in [2.05, 4.69) is 22.1 Å². The first kappa shape index (κ1) is 17.5. The van der Waals surface area contributed by atoms with Crippen LogP contribution in [0.1, 0.15) is 16.8 Å². The van der Waals surface area contributed by atoms with E-state index in [9.17, 15) is 4.79 Å². The smallest absolute Gasteiger partial charge is 0.248 e. The minimum absolute atomic E-state index is 0.236. The summed E-state index contributed by atoms with van der Waals surface area (Å²) in [4.78, 5) is 16.3. The number of rotatable bonds is 3. The Labute approximate surface area is 157 Å². The second-order valence-electron chi connectivity index (χ2n) is 5.39. The molecule has 2 aromatic carbocycles. The van der Waals surface area contributed by atoms with E-state index < -0.39 is 0 Å². The van der Waals surface area contributed by atoms with Gasteiger partial charge in [0.15, 0.2) is 0 Å². The van der Waals surface area contributed by atoms with Gasteiger partial charge in [0.2, 0.25) is 5.91 Å². The summed E-state index contributed by atoms with van der Waals surface area (Å²) in [6.45, 7) is 0. The van der Waals surface area contributed by atoms with Crippen molar-refractivity contribution in [1.82, 2.24) is 4.98 Å². The molecule has 1 amide bonds. The molecular weight excluding hydrogens is 344 g/mol. The van der Waals surface area contributed by atoms with Gasteiger partial charge >= 0.3 is 0 Å². The normalized spacial score (nSPS) is 10.2. The standard InChI is InChI=1S/C22H15ClN2O/c23-21-10-2-1-7-18(21)12-14-22(26)25-20-9-5-6-17(16-20)11-13-19-8-3-4-15-24-19/h1-10,12,14-16H,(H,25,26)/b14-12+. The van der Waals surface area contributed by atoms with Crippen molar-refractivity contribution in [3.63, 3.8) is 0 Å². The van der Waals surface area contributed by atoms with E-state index in [-0.39, 0.29) is 5.91 Å². The largest absolute Gasteiger partial charge is 0.322 e. The molecule has 0 unspecified atom stereocenters. The van der Waals surface area contributed by atoms with Crippen molar-refractivity contribution in [2.24, 2.45) is 0 Å². The van der Waals surface area contributed by atoms with Gasteiger partial charge in [-0.15, -0.1) is 0 Å². The topological polar surface area (TPSA) is 42.0 Å². The molecular formula is C22H15ClN2O. The van der Waals surface area contributed by atoms with E-state index in [4.69, 9.17) is 11.6 Å². The van der Waals surface area contributed by atoms with Gasteiger partial charge in [0.25, 0.3) is 0 Å². The van der Waals surface area contributed by atoms with E-state index in [0.717, 1.165) is 11.1 Å². The van der Waals surface area contributed by atoms with Gasteiger partial charge in [-0.1, -0.05) is 47.9 Å². The number of nitrogens with zero attached hydrogens (tertiary/aromatic N) is 1. The van der Waals surface area contributed by atoms with E-state index in [1.54, 1.807) is 18.3 Å². The van der Waals surface area contributed by atoms with Crippen molar-refractivity contribution < 1.29 is 4.79 Å². The lowest BCUT2D eigenvalue weighted by Crippen LogP contribution is -2.07. The average Bonchev–Trinajstić information content (AvgIpc) is 2.67. The number of hydrogen-bond donors (Lipinski definition) is 1. The SMILES string of the molecule is O=C(/C=C/c1ccccc1Cl)Nc1cccc(C#Cc2ccccn2)c1. The first-order chi connectivity index (χ1) is 12.7. The maximum Gasteiger partial charge on any atom is 0.248 e. The summed E-state index contributed by atoms with van der Waals surface area (Å²) < 4.78 is 0.